The van der Waals surface area contributed by atoms with E-state index in [1.54, 1.807) is 0 Å². The fourth-order valence-electron chi connectivity index (χ4n) is 1.74. The fourth-order valence-corrected chi connectivity index (χ4v) is 1.74. The SMILES string of the molecule is CC1(C)OB(c2cc(F)cc(F)c2O)OC1(C)C. The van der Waals surface area contributed by atoms with Crippen molar-refractivity contribution < 1.29 is 23.2 Å². The summed E-state index contributed by atoms with van der Waals surface area (Å²) in [6.45, 7) is 7.28. The van der Waals surface area contributed by atoms with Crippen LogP contribution in [0, 0.1) is 11.6 Å². The highest BCUT2D eigenvalue weighted by molar-refractivity contribution is 6.63. The average Bonchev–Trinajstić information content (AvgIpc) is 2.42. The van der Waals surface area contributed by atoms with Gasteiger partial charge in [-0.25, -0.2) is 8.78 Å². The maximum absolute atomic E-state index is 13.3. The molecular weight excluding hydrogens is 241 g/mol. The molecule has 1 aromatic rings. The lowest BCUT2D eigenvalue weighted by Crippen LogP contribution is -2.41. The van der Waals surface area contributed by atoms with Crippen molar-refractivity contribution in [3.8, 4) is 5.75 Å². The Balaban J connectivity index is 2.41. The van der Waals surface area contributed by atoms with Crippen molar-refractivity contribution in [1.82, 2.24) is 0 Å². The topological polar surface area (TPSA) is 38.7 Å². The Morgan fingerprint density at radius 1 is 1.06 bits per heavy atom. The van der Waals surface area contributed by atoms with E-state index in [1.807, 2.05) is 27.7 Å². The normalized spacial score (nSPS) is 21.3. The highest BCUT2D eigenvalue weighted by atomic mass is 19.1. The Hall–Kier alpha value is -1.14. The van der Waals surface area contributed by atoms with Crippen LogP contribution < -0.4 is 5.46 Å². The number of halogens is 2. The summed E-state index contributed by atoms with van der Waals surface area (Å²) >= 11 is 0. The molecule has 1 N–H and O–H groups in total. The molecule has 0 radical (unpaired) electrons. The zero-order valence-corrected chi connectivity index (χ0v) is 10.8. The number of aromatic hydroxyl groups is 1. The summed E-state index contributed by atoms with van der Waals surface area (Å²) in [5, 5.41) is 9.62. The van der Waals surface area contributed by atoms with E-state index in [4.69, 9.17) is 9.31 Å². The van der Waals surface area contributed by atoms with Gasteiger partial charge in [0.25, 0.3) is 0 Å². The molecular formula is C12H15BF2O3. The molecule has 1 heterocycles. The molecule has 2 rings (SSSR count). The summed E-state index contributed by atoms with van der Waals surface area (Å²) in [4.78, 5) is 0. The molecule has 0 amide bonds. The monoisotopic (exact) mass is 256 g/mol. The third-order valence-corrected chi connectivity index (χ3v) is 3.56. The maximum Gasteiger partial charge on any atom is 0.498 e. The van der Waals surface area contributed by atoms with Crippen LogP contribution in [0.1, 0.15) is 27.7 Å². The van der Waals surface area contributed by atoms with Crippen molar-refractivity contribution in [2.75, 3.05) is 0 Å². The number of benzene rings is 1. The summed E-state index contributed by atoms with van der Waals surface area (Å²) in [6, 6.07) is 1.63. The second-order valence-electron chi connectivity index (χ2n) is 5.41. The first kappa shape index (κ1) is 13.3. The van der Waals surface area contributed by atoms with E-state index in [0.29, 0.717) is 6.07 Å². The lowest BCUT2D eigenvalue weighted by molar-refractivity contribution is 0.00578. The number of phenols is 1. The highest BCUT2D eigenvalue weighted by Gasteiger charge is 2.52. The second kappa shape index (κ2) is 3.93. The van der Waals surface area contributed by atoms with Gasteiger partial charge in [-0.3, -0.25) is 0 Å². The standard InChI is InChI=1S/C12H15BF2O3/c1-11(2)12(3,4)18-13(17-11)8-5-7(14)6-9(15)10(8)16/h5-6,16H,1-4H3. The zero-order chi connectivity index (χ0) is 13.7. The van der Waals surface area contributed by atoms with Crippen molar-refractivity contribution in [2.45, 2.75) is 38.9 Å². The predicted octanol–water partition coefficient (Wildman–Crippen LogP) is 1.97. The van der Waals surface area contributed by atoms with Crippen LogP contribution in [-0.4, -0.2) is 23.4 Å². The lowest BCUT2D eigenvalue weighted by atomic mass is 9.78. The van der Waals surface area contributed by atoms with Crippen LogP contribution in [-0.2, 0) is 9.31 Å². The quantitative estimate of drug-likeness (QED) is 0.780. The van der Waals surface area contributed by atoms with Gasteiger partial charge in [0, 0.05) is 11.5 Å². The number of phenolic OH excluding ortho intramolecular Hbond substituents is 1. The van der Waals surface area contributed by atoms with Crippen LogP contribution in [0.2, 0.25) is 0 Å². The first-order valence-corrected chi connectivity index (χ1v) is 5.67. The molecule has 0 spiro atoms. The van der Waals surface area contributed by atoms with Gasteiger partial charge in [-0.1, -0.05) is 0 Å². The van der Waals surface area contributed by atoms with E-state index in [0.717, 1.165) is 6.07 Å². The van der Waals surface area contributed by atoms with E-state index in [-0.39, 0.29) is 5.46 Å². The van der Waals surface area contributed by atoms with Gasteiger partial charge >= 0.3 is 7.12 Å². The fraction of sp³-hybridized carbons (Fsp3) is 0.500. The summed E-state index contributed by atoms with van der Waals surface area (Å²) in [5.74, 6) is -2.45. The molecule has 1 saturated heterocycles. The summed E-state index contributed by atoms with van der Waals surface area (Å²) in [6.07, 6.45) is 0. The van der Waals surface area contributed by atoms with Crippen LogP contribution in [0.25, 0.3) is 0 Å². The Kier molecular flexibility index (Phi) is 2.90. The summed E-state index contributed by atoms with van der Waals surface area (Å²) < 4.78 is 37.7. The van der Waals surface area contributed by atoms with Crippen molar-refractivity contribution >= 4 is 12.6 Å². The molecule has 1 aliphatic heterocycles. The molecule has 0 bridgehead atoms. The van der Waals surface area contributed by atoms with E-state index in [2.05, 4.69) is 0 Å². The Morgan fingerprint density at radius 2 is 1.56 bits per heavy atom. The second-order valence-corrected chi connectivity index (χ2v) is 5.41. The molecule has 1 fully saturated rings. The van der Waals surface area contributed by atoms with Crippen molar-refractivity contribution in [3.63, 3.8) is 0 Å². The van der Waals surface area contributed by atoms with Gasteiger partial charge in [-0.15, -0.1) is 0 Å². The van der Waals surface area contributed by atoms with Crippen molar-refractivity contribution in [2.24, 2.45) is 0 Å². The van der Waals surface area contributed by atoms with Gasteiger partial charge in [0.1, 0.15) is 5.82 Å². The van der Waals surface area contributed by atoms with Gasteiger partial charge in [-0.2, -0.15) is 0 Å². The van der Waals surface area contributed by atoms with Crippen LogP contribution >= 0.6 is 0 Å². The van der Waals surface area contributed by atoms with Gasteiger partial charge in [-0.05, 0) is 33.8 Å². The largest absolute Gasteiger partial charge is 0.505 e. The molecule has 0 saturated carbocycles. The van der Waals surface area contributed by atoms with Crippen LogP contribution in [0.3, 0.4) is 0 Å². The van der Waals surface area contributed by atoms with Crippen LogP contribution in [0.4, 0.5) is 8.78 Å². The predicted molar refractivity (Wildman–Crippen MR) is 63.7 cm³/mol. The molecule has 0 atom stereocenters. The van der Waals surface area contributed by atoms with E-state index >= 15 is 0 Å². The summed E-state index contributed by atoms with van der Waals surface area (Å²) in [7, 11) is -0.986. The smallest absolute Gasteiger partial charge is 0.498 e. The molecule has 98 valence electrons. The van der Waals surface area contributed by atoms with Gasteiger partial charge in [0.05, 0.1) is 11.2 Å². The Labute approximate surface area is 105 Å². The molecule has 6 heteroatoms. The minimum atomic E-state index is -1.03. The Bertz CT molecular complexity index is 472. The molecule has 3 nitrogen and oxygen atoms in total. The summed E-state index contributed by atoms with van der Waals surface area (Å²) in [5.41, 5.74) is -1.30. The molecule has 0 aromatic heterocycles. The molecule has 1 aromatic carbocycles. The Morgan fingerprint density at radius 3 is 2.06 bits per heavy atom. The maximum atomic E-state index is 13.3. The van der Waals surface area contributed by atoms with Crippen molar-refractivity contribution in [3.05, 3.63) is 23.8 Å². The van der Waals surface area contributed by atoms with Crippen molar-refractivity contribution in [1.29, 1.82) is 0 Å². The van der Waals surface area contributed by atoms with Crippen LogP contribution in [0.15, 0.2) is 12.1 Å². The highest BCUT2D eigenvalue weighted by Crippen LogP contribution is 2.37. The zero-order valence-electron chi connectivity index (χ0n) is 10.8. The van der Waals surface area contributed by atoms with Gasteiger partial charge in [0.2, 0.25) is 0 Å². The first-order valence-electron chi connectivity index (χ1n) is 5.67. The lowest BCUT2D eigenvalue weighted by Gasteiger charge is -2.32. The third kappa shape index (κ3) is 1.99. The minimum Gasteiger partial charge on any atom is -0.505 e. The van der Waals surface area contributed by atoms with E-state index in [9.17, 15) is 13.9 Å². The molecule has 0 aliphatic carbocycles. The van der Waals surface area contributed by atoms with Gasteiger partial charge in [0.15, 0.2) is 11.6 Å². The first-order chi connectivity index (χ1) is 8.14. The minimum absolute atomic E-state index is 0.0360. The van der Waals surface area contributed by atoms with Gasteiger partial charge < -0.3 is 14.4 Å². The third-order valence-electron chi connectivity index (χ3n) is 3.56. The molecule has 18 heavy (non-hydrogen) atoms. The number of rotatable bonds is 1. The number of hydrogen-bond donors (Lipinski definition) is 1. The molecule has 0 unspecified atom stereocenters. The van der Waals surface area contributed by atoms with E-state index in [1.165, 1.54) is 0 Å². The van der Waals surface area contributed by atoms with Crippen LogP contribution in [0.5, 0.6) is 5.75 Å². The number of hydrogen-bond acceptors (Lipinski definition) is 3. The molecule has 1 aliphatic rings. The average molecular weight is 256 g/mol. The van der Waals surface area contributed by atoms with E-state index < -0.39 is 35.7 Å².